The summed E-state index contributed by atoms with van der Waals surface area (Å²) in [7, 11) is -0.858. The third-order valence-electron chi connectivity index (χ3n) is 2.58. The highest BCUT2D eigenvalue weighted by Gasteiger charge is 2.23. The van der Waals surface area contributed by atoms with Crippen molar-refractivity contribution >= 4 is 22.5 Å². The summed E-state index contributed by atoms with van der Waals surface area (Å²) in [5, 5.41) is 0. The molecule has 1 aliphatic rings. The fraction of sp³-hybridized carbons (Fsp3) is 0.400. The van der Waals surface area contributed by atoms with Gasteiger partial charge in [0.25, 0.3) is 5.91 Å². The van der Waals surface area contributed by atoms with Gasteiger partial charge >= 0.3 is 0 Å². The molecule has 2 N–H and O–H groups in total. The number of halogens is 1. The first-order valence-electron chi connectivity index (χ1n) is 5.13. The molecule has 5 nitrogen and oxygen atoms in total. The average molecular weight is 257 g/mol. The van der Waals surface area contributed by atoms with E-state index in [9.17, 15) is 13.4 Å². The molecule has 92 valence electrons. The van der Waals surface area contributed by atoms with Crippen LogP contribution in [0.1, 0.15) is 10.4 Å². The van der Waals surface area contributed by atoms with Crippen molar-refractivity contribution in [2.75, 3.05) is 30.3 Å². The van der Waals surface area contributed by atoms with Gasteiger partial charge in [-0.2, -0.15) is 0 Å². The maximum atomic E-state index is 13.0. The quantitative estimate of drug-likeness (QED) is 0.768. The zero-order chi connectivity index (χ0) is 12.4. The number of carbonyl (C=O) groups is 1. The van der Waals surface area contributed by atoms with E-state index in [1.165, 1.54) is 4.90 Å². The third-order valence-corrected chi connectivity index (χ3v) is 3.86. The van der Waals surface area contributed by atoms with E-state index in [4.69, 9.17) is 5.73 Å². The van der Waals surface area contributed by atoms with Gasteiger partial charge in [-0.1, -0.05) is 0 Å². The predicted molar refractivity (Wildman–Crippen MR) is 62.4 cm³/mol. The maximum absolute atomic E-state index is 13.0. The van der Waals surface area contributed by atoms with E-state index in [-0.39, 0.29) is 17.3 Å². The van der Waals surface area contributed by atoms with Crippen LogP contribution in [-0.4, -0.2) is 44.6 Å². The fourth-order valence-electron chi connectivity index (χ4n) is 1.63. The van der Waals surface area contributed by atoms with Crippen LogP contribution in [0, 0.1) is 5.82 Å². The molecule has 0 aliphatic carbocycles. The number of amides is 1. The van der Waals surface area contributed by atoms with Gasteiger partial charge in [0.05, 0.1) is 11.8 Å². The zero-order valence-corrected chi connectivity index (χ0v) is 9.87. The van der Waals surface area contributed by atoms with E-state index in [1.807, 2.05) is 0 Å². The number of nitrogen functional groups attached to an aromatic ring is 1. The van der Waals surface area contributed by atoms with Crippen LogP contribution >= 0.6 is 0 Å². The Hall–Kier alpha value is -1.50. The first-order chi connectivity index (χ1) is 8.08. The minimum atomic E-state index is -0.858. The van der Waals surface area contributed by atoms with Crippen LogP contribution in [0.3, 0.4) is 0 Å². The molecule has 0 spiro atoms. The molecular weight excluding hydrogens is 245 g/mol. The van der Waals surface area contributed by atoms with Gasteiger partial charge in [-0.25, -0.2) is 9.37 Å². The number of aromatic nitrogens is 1. The summed E-state index contributed by atoms with van der Waals surface area (Å²) in [5.41, 5.74) is 5.61. The summed E-state index contributed by atoms with van der Waals surface area (Å²) in [6.45, 7) is 0.808. The highest BCUT2D eigenvalue weighted by Crippen LogP contribution is 2.14. The number of rotatable bonds is 1. The van der Waals surface area contributed by atoms with Crippen molar-refractivity contribution in [3.63, 3.8) is 0 Å². The molecule has 0 atom stereocenters. The zero-order valence-electron chi connectivity index (χ0n) is 9.06. The summed E-state index contributed by atoms with van der Waals surface area (Å²) in [6.07, 6.45) is 0.970. The van der Waals surface area contributed by atoms with Gasteiger partial charge in [-0.15, -0.1) is 0 Å². The Morgan fingerprint density at radius 2 is 2.12 bits per heavy atom. The number of carbonyl (C=O) groups excluding carboxylic acids is 1. The molecule has 1 amide bonds. The first-order valence-corrected chi connectivity index (χ1v) is 6.62. The highest BCUT2D eigenvalue weighted by molar-refractivity contribution is 7.85. The Morgan fingerprint density at radius 3 is 2.76 bits per heavy atom. The molecule has 17 heavy (non-hydrogen) atoms. The monoisotopic (exact) mass is 257 g/mol. The normalized spacial score (nSPS) is 17.1. The van der Waals surface area contributed by atoms with Crippen molar-refractivity contribution in [1.82, 2.24) is 9.88 Å². The summed E-state index contributed by atoms with van der Waals surface area (Å²) < 4.78 is 24.2. The second-order valence-corrected chi connectivity index (χ2v) is 5.42. The lowest BCUT2D eigenvalue weighted by Crippen LogP contribution is -2.42. The summed E-state index contributed by atoms with van der Waals surface area (Å²) in [5.74, 6) is -0.0274. The lowest BCUT2D eigenvalue weighted by Gasteiger charge is -2.26. The molecule has 0 radical (unpaired) electrons. The lowest BCUT2D eigenvalue weighted by molar-refractivity contribution is 0.0771. The van der Waals surface area contributed by atoms with Crippen molar-refractivity contribution < 1.29 is 13.4 Å². The minimum Gasteiger partial charge on any atom is -0.383 e. The van der Waals surface area contributed by atoms with Crippen LogP contribution in [0.5, 0.6) is 0 Å². The smallest absolute Gasteiger partial charge is 0.257 e. The van der Waals surface area contributed by atoms with Gasteiger partial charge in [0.15, 0.2) is 0 Å². The molecule has 0 unspecified atom stereocenters. The van der Waals surface area contributed by atoms with Gasteiger partial charge < -0.3 is 10.6 Å². The van der Waals surface area contributed by atoms with Crippen LogP contribution in [-0.2, 0) is 10.8 Å². The Bertz CT molecular complexity index is 471. The van der Waals surface area contributed by atoms with Gasteiger partial charge in [0.2, 0.25) is 0 Å². The standard InChI is InChI=1S/C10H12FN3O2S/c11-7-5-8(9(12)13-6-7)10(15)14-1-3-17(16)4-2-14/h5-6H,1-4H2,(H2,12,13). The van der Waals surface area contributed by atoms with Crippen molar-refractivity contribution in [3.8, 4) is 0 Å². The molecule has 1 saturated heterocycles. The number of nitrogens with zero attached hydrogens (tertiary/aromatic N) is 2. The number of pyridine rings is 1. The van der Waals surface area contributed by atoms with Gasteiger partial charge in [0.1, 0.15) is 11.6 Å². The first kappa shape index (κ1) is 12.0. The van der Waals surface area contributed by atoms with Gasteiger partial charge in [-0.05, 0) is 6.07 Å². The maximum Gasteiger partial charge on any atom is 0.257 e. The van der Waals surface area contributed by atoms with E-state index < -0.39 is 16.6 Å². The van der Waals surface area contributed by atoms with Crippen LogP contribution in [0.25, 0.3) is 0 Å². The van der Waals surface area contributed by atoms with Crippen LogP contribution < -0.4 is 5.73 Å². The molecule has 1 aromatic heterocycles. The predicted octanol–water partition coefficient (Wildman–Crippen LogP) is 0.00740. The highest BCUT2D eigenvalue weighted by atomic mass is 32.2. The van der Waals surface area contributed by atoms with Crippen LogP contribution in [0.15, 0.2) is 12.3 Å². The lowest BCUT2D eigenvalue weighted by atomic mass is 10.2. The Kier molecular flexibility index (Phi) is 3.37. The Morgan fingerprint density at radius 1 is 1.47 bits per heavy atom. The second-order valence-electron chi connectivity index (χ2n) is 3.73. The van der Waals surface area contributed by atoms with Crippen molar-refractivity contribution in [2.45, 2.75) is 0 Å². The minimum absolute atomic E-state index is 0.0168. The Labute approximate surface area is 100 Å². The van der Waals surface area contributed by atoms with E-state index in [1.54, 1.807) is 0 Å². The van der Waals surface area contributed by atoms with Crippen LogP contribution in [0.2, 0.25) is 0 Å². The molecular formula is C10H12FN3O2S. The van der Waals surface area contributed by atoms with Gasteiger partial charge in [-0.3, -0.25) is 9.00 Å². The van der Waals surface area contributed by atoms with Crippen molar-refractivity contribution in [1.29, 1.82) is 0 Å². The fourth-order valence-corrected chi connectivity index (χ4v) is 2.68. The average Bonchev–Trinajstić information content (AvgIpc) is 2.32. The molecule has 1 fully saturated rings. The molecule has 2 heterocycles. The van der Waals surface area contributed by atoms with E-state index in [2.05, 4.69) is 4.98 Å². The summed E-state index contributed by atoms with van der Waals surface area (Å²) >= 11 is 0. The number of hydrogen-bond donors (Lipinski definition) is 1. The largest absolute Gasteiger partial charge is 0.383 e. The van der Waals surface area contributed by atoms with Gasteiger partial charge in [0, 0.05) is 35.4 Å². The molecule has 1 aliphatic heterocycles. The second kappa shape index (κ2) is 4.79. The van der Waals surface area contributed by atoms with Crippen molar-refractivity contribution in [3.05, 3.63) is 23.6 Å². The molecule has 0 saturated carbocycles. The molecule has 0 bridgehead atoms. The molecule has 2 rings (SSSR count). The number of hydrogen-bond acceptors (Lipinski definition) is 4. The van der Waals surface area contributed by atoms with Crippen LogP contribution in [0.4, 0.5) is 10.2 Å². The third kappa shape index (κ3) is 2.60. The summed E-state index contributed by atoms with van der Waals surface area (Å²) in [6, 6.07) is 1.08. The molecule has 0 aromatic carbocycles. The SMILES string of the molecule is Nc1ncc(F)cc1C(=O)N1CCS(=O)CC1. The molecule has 7 heteroatoms. The topological polar surface area (TPSA) is 76.3 Å². The van der Waals surface area contributed by atoms with E-state index in [0.29, 0.717) is 24.6 Å². The number of nitrogens with two attached hydrogens (primary N) is 1. The summed E-state index contributed by atoms with van der Waals surface area (Å²) in [4.78, 5) is 17.1. The van der Waals surface area contributed by atoms with Crippen molar-refractivity contribution in [2.24, 2.45) is 0 Å². The number of anilines is 1. The Balaban J connectivity index is 2.19. The van der Waals surface area contributed by atoms with E-state index in [0.717, 1.165) is 12.3 Å². The van der Waals surface area contributed by atoms with E-state index >= 15 is 0 Å². The molecule has 1 aromatic rings.